The summed E-state index contributed by atoms with van der Waals surface area (Å²) in [7, 11) is -1.79. The van der Waals surface area contributed by atoms with Crippen molar-refractivity contribution in [1.82, 2.24) is 19.5 Å². The van der Waals surface area contributed by atoms with Gasteiger partial charge < -0.3 is 4.57 Å². The average molecular weight is 384 g/mol. The smallest absolute Gasteiger partial charge is 0.290 e. The highest BCUT2D eigenvalue weighted by atomic mass is 32.2. The van der Waals surface area contributed by atoms with E-state index >= 15 is 0 Å². The number of rotatable bonds is 5. The van der Waals surface area contributed by atoms with E-state index in [0.29, 0.717) is 28.6 Å². The number of sulfone groups is 1. The number of aromatic nitrogens is 4. The zero-order chi connectivity index (χ0) is 18.2. The molecule has 132 valence electrons. The largest absolute Gasteiger partial charge is 0.324 e. The Hall–Kier alpha value is -2.07. The Bertz CT molecular complexity index is 1040. The van der Waals surface area contributed by atoms with Gasteiger partial charge in [-0.25, -0.2) is 18.4 Å². The second kappa shape index (κ2) is 6.68. The third kappa shape index (κ3) is 3.36. The first kappa shape index (κ1) is 17.7. The number of imidazole rings is 1. The molecule has 0 aliphatic rings. The average Bonchev–Trinajstić information content (AvgIpc) is 2.90. The van der Waals surface area contributed by atoms with Gasteiger partial charge in [0.15, 0.2) is 15.7 Å². The number of fused-ring (bicyclic) bond motifs is 1. The second-order valence-electron chi connectivity index (χ2n) is 5.14. The van der Waals surface area contributed by atoms with E-state index in [1.807, 2.05) is 0 Å². The Morgan fingerprint density at radius 2 is 2.08 bits per heavy atom. The van der Waals surface area contributed by atoms with Crippen molar-refractivity contribution in [3.8, 4) is 11.5 Å². The summed E-state index contributed by atoms with van der Waals surface area (Å²) in [6.07, 6.45) is 2.92. The summed E-state index contributed by atoms with van der Waals surface area (Å²) in [5.41, 5.74) is 1.27. The summed E-state index contributed by atoms with van der Waals surface area (Å²) >= 11 is 0.330. The maximum Gasteiger partial charge on any atom is 0.290 e. The predicted octanol–water partition coefficient (Wildman–Crippen LogP) is 3.14. The van der Waals surface area contributed by atoms with E-state index in [9.17, 15) is 17.2 Å². The lowest BCUT2D eigenvalue weighted by atomic mass is 10.3. The molecule has 0 radical (unpaired) electrons. The minimum Gasteiger partial charge on any atom is -0.324 e. The van der Waals surface area contributed by atoms with Gasteiger partial charge in [-0.2, -0.15) is 8.78 Å². The summed E-state index contributed by atoms with van der Waals surface area (Å²) < 4.78 is 51.3. The Balaban J connectivity index is 2.19. The summed E-state index contributed by atoms with van der Waals surface area (Å²) in [6.45, 7) is 1.55. The Labute approximate surface area is 147 Å². The molecule has 6 nitrogen and oxygen atoms in total. The number of nitrogens with zero attached hydrogens (tertiary/aromatic N) is 4. The highest BCUT2D eigenvalue weighted by Crippen LogP contribution is 2.30. The van der Waals surface area contributed by atoms with E-state index in [-0.39, 0.29) is 21.4 Å². The SMILES string of the molecule is CCS(=O)(=O)c1cccnc1-c1nc2cc(SC(F)F)ncc2n1C. The van der Waals surface area contributed by atoms with Gasteiger partial charge in [0.2, 0.25) is 0 Å². The fourth-order valence-corrected chi connectivity index (χ4v) is 3.91. The van der Waals surface area contributed by atoms with E-state index < -0.39 is 15.6 Å². The van der Waals surface area contributed by atoms with Crippen molar-refractivity contribution in [2.45, 2.75) is 22.6 Å². The summed E-state index contributed by atoms with van der Waals surface area (Å²) in [5, 5.41) is 0.148. The van der Waals surface area contributed by atoms with Crippen LogP contribution < -0.4 is 0 Å². The van der Waals surface area contributed by atoms with Crippen LogP contribution in [0.3, 0.4) is 0 Å². The minimum absolute atomic E-state index is 0.0631. The van der Waals surface area contributed by atoms with E-state index in [1.165, 1.54) is 24.5 Å². The van der Waals surface area contributed by atoms with Crippen LogP contribution in [0.15, 0.2) is 40.5 Å². The highest BCUT2D eigenvalue weighted by molar-refractivity contribution is 7.99. The maximum atomic E-state index is 12.5. The molecule has 0 bridgehead atoms. The number of halogens is 2. The first-order chi connectivity index (χ1) is 11.8. The molecule has 3 rings (SSSR count). The molecule has 0 spiro atoms. The van der Waals surface area contributed by atoms with Crippen LogP contribution in [0.1, 0.15) is 6.92 Å². The van der Waals surface area contributed by atoms with Crippen molar-refractivity contribution >= 4 is 32.6 Å². The van der Waals surface area contributed by atoms with Crippen molar-refractivity contribution in [2.24, 2.45) is 7.05 Å². The number of hydrogen-bond donors (Lipinski definition) is 0. The molecular weight excluding hydrogens is 370 g/mol. The molecule has 25 heavy (non-hydrogen) atoms. The van der Waals surface area contributed by atoms with Crippen LogP contribution in [0.25, 0.3) is 22.6 Å². The number of aryl methyl sites for hydroxylation is 1. The van der Waals surface area contributed by atoms with Gasteiger partial charge >= 0.3 is 0 Å². The first-order valence-corrected chi connectivity index (χ1v) is 9.82. The van der Waals surface area contributed by atoms with E-state index in [4.69, 9.17) is 0 Å². The summed E-state index contributed by atoms with van der Waals surface area (Å²) in [5.74, 6) is -2.30. The third-order valence-electron chi connectivity index (χ3n) is 3.65. The van der Waals surface area contributed by atoms with Crippen LogP contribution in [-0.4, -0.2) is 39.4 Å². The van der Waals surface area contributed by atoms with Crippen LogP contribution in [0.4, 0.5) is 8.78 Å². The highest BCUT2D eigenvalue weighted by Gasteiger charge is 2.22. The molecule has 0 saturated heterocycles. The van der Waals surface area contributed by atoms with Gasteiger partial charge in [0.25, 0.3) is 5.76 Å². The number of hydrogen-bond acceptors (Lipinski definition) is 6. The fourth-order valence-electron chi connectivity index (χ4n) is 2.40. The molecule has 0 N–H and O–H groups in total. The number of thioether (sulfide) groups is 1. The lowest BCUT2D eigenvalue weighted by Crippen LogP contribution is -2.08. The minimum atomic E-state index is -3.49. The van der Waals surface area contributed by atoms with Crippen molar-refractivity contribution in [3.63, 3.8) is 0 Å². The van der Waals surface area contributed by atoms with Crippen LogP contribution in [0.2, 0.25) is 0 Å². The molecule has 10 heteroatoms. The quantitative estimate of drug-likeness (QED) is 0.629. The van der Waals surface area contributed by atoms with Gasteiger partial charge in [-0.1, -0.05) is 6.92 Å². The molecule has 0 atom stereocenters. The second-order valence-corrected chi connectivity index (χ2v) is 8.39. The molecule has 3 heterocycles. The van der Waals surface area contributed by atoms with E-state index in [0.717, 1.165) is 0 Å². The zero-order valence-corrected chi connectivity index (χ0v) is 15.0. The molecular formula is C15H14F2N4O2S2. The molecule has 0 saturated carbocycles. The van der Waals surface area contributed by atoms with Gasteiger partial charge in [-0.05, 0) is 30.0 Å². The molecule has 0 amide bonds. The lowest BCUT2D eigenvalue weighted by molar-refractivity contribution is 0.252. The zero-order valence-electron chi connectivity index (χ0n) is 13.3. The molecule has 3 aromatic rings. The predicted molar refractivity (Wildman–Crippen MR) is 91.3 cm³/mol. The van der Waals surface area contributed by atoms with Crippen molar-refractivity contribution in [2.75, 3.05) is 5.75 Å². The van der Waals surface area contributed by atoms with Crippen molar-refractivity contribution < 1.29 is 17.2 Å². The van der Waals surface area contributed by atoms with Crippen LogP contribution in [0.5, 0.6) is 0 Å². The summed E-state index contributed by atoms with van der Waals surface area (Å²) in [6, 6.07) is 4.48. The normalized spacial score (nSPS) is 12.2. The van der Waals surface area contributed by atoms with Crippen molar-refractivity contribution in [3.05, 3.63) is 30.6 Å². The lowest BCUT2D eigenvalue weighted by Gasteiger charge is -2.08. The topological polar surface area (TPSA) is 77.7 Å². The van der Waals surface area contributed by atoms with Crippen LogP contribution in [-0.2, 0) is 16.9 Å². The summed E-state index contributed by atoms with van der Waals surface area (Å²) in [4.78, 5) is 12.7. The monoisotopic (exact) mass is 384 g/mol. The maximum absolute atomic E-state index is 12.5. The number of alkyl halides is 2. The first-order valence-electron chi connectivity index (χ1n) is 7.29. The van der Waals surface area contributed by atoms with E-state index in [2.05, 4.69) is 15.0 Å². The van der Waals surface area contributed by atoms with Gasteiger partial charge in [-0.3, -0.25) is 4.98 Å². The van der Waals surface area contributed by atoms with Gasteiger partial charge in [-0.15, -0.1) is 0 Å². The van der Waals surface area contributed by atoms with Crippen molar-refractivity contribution in [1.29, 1.82) is 0 Å². The number of pyridine rings is 2. The van der Waals surface area contributed by atoms with E-state index in [1.54, 1.807) is 24.6 Å². The molecule has 0 aromatic carbocycles. The third-order valence-corrected chi connectivity index (χ3v) is 6.05. The van der Waals surface area contributed by atoms with Gasteiger partial charge in [0, 0.05) is 13.2 Å². The molecule has 0 fully saturated rings. The Morgan fingerprint density at radius 1 is 1.32 bits per heavy atom. The molecule has 3 aromatic heterocycles. The standard InChI is InChI=1S/C15H14F2N4O2S2/c1-3-25(22,23)11-5-4-6-18-13(11)14-20-9-7-12(24-15(16)17)19-8-10(9)21(14)2/h4-8,15H,3H2,1-2H3. The van der Waals surface area contributed by atoms with Crippen LogP contribution >= 0.6 is 11.8 Å². The molecule has 0 unspecified atom stereocenters. The van der Waals surface area contributed by atoms with Crippen LogP contribution in [0, 0.1) is 0 Å². The Kier molecular flexibility index (Phi) is 4.74. The molecule has 0 aliphatic heterocycles. The molecule has 0 aliphatic carbocycles. The van der Waals surface area contributed by atoms with Gasteiger partial charge in [0.05, 0.1) is 27.9 Å². The Morgan fingerprint density at radius 3 is 2.76 bits per heavy atom. The van der Waals surface area contributed by atoms with Gasteiger partial charge in [0.1, 0.15) is 10.7 Å². The fraction of sp³-hybridized carbons (Fsp3) is 0.267.